The highest BCUT2D eigenvalue weighted by molar-refractivity contribution is 5.37. The minimum atomic E-state index is 0.0798. The number of pyridine rings is 1. The Morgan fingerprint density at radius 1 is 1.37 bits per heavy atom. The highest BCUT2D eigenvalue weighted by Gasteiger charge is 2.35. The second-order valence-corrected chi connectivity index (χ2v) is 6.20. The van der Waals surface area contributed by atoms with Crippen molar-refractivity contribution in [2.75, 3.05) is 0 Å². The van der Waals surface area contributed by atoms with E-state index in [0.29, 0.717) is 0 Å². The average Bonchev–Trinajstić information content (AvgIpc) is 2.66. The quantitative estimate of drug-likeness (QED) is 0.853. The van der Waals surface area contributed by atoms with Crippen LogP contribution in [0.2, 0.25) is 0 Å². The van der Waals surface area contributed by atoms with Gasteiger partial charge in [0.2, 0.25) is 0 Å². The molecule has 0 bridgehead atoms. The van der Waals surface area contributed by atoms with E-state index in [0.717, 1.165) is 24.4 Å². The fourth-order valence-corrected chi connectivity index (χ4v) is 3.13. The number of nitrogens with two attached hydrogens (primary N) is 1. The third-order valence-corrected chi connectivity index (χ3v) is 3.86. The number of aryl methyl sites for hydroxylation is 1. The van der Waals surface area contributed by atoms with Gasteiger partial charge in [-0.15, -0.1) is 0 Å². The molecule has 1 aliphatic carbocycles. The normalized spacial score (nSPS) is 21.2. The maximum absolute atomic E-state index is 6.34. The third kappa shape index (κ3) is 2.06. The molecule has 100 valence electrons. The zero-order valence-electron chi connectivity index (χ0n) is 11.7. The van der Waals surface area contributed by atoms with Crippen LogP contribution in [0.25, 0.3) is 5.82 Å². The monoisotopic (exact) mass is 256 g/mol. The van der Waals surface area contributed by atoms with Crippen molar-refractivity contribution in [2.24, 2.45) is 11.1 Å². The van der Waals surface area contributed by atoms with Crippen LogP contribution in [-0.2, 0) is 6.42 Å². The fraction of sp³-hybridized carbons (Fsp3) is 0.467. The molecule has 0 saturated carbocycles. The first-order chi connectivity index (χ1) is 8.98. The molecule has 19 heavy (non-hydrogen) atoms. The van der Waals surface area contributed by atoms with Gasteiger partial charge in [-0.3, -0.25) is 0 Å². The van der Waals surface area contributed by atoms with E-state index >= 15 is 0 Å². The van der Waals surface area contributed by atoms with E-state index in [9.17, 15) is 0 Å². The Hall–Kier alpha value is -1.68. The Kier molecular flexibility index (Phi) is 2.71. The number of nitrogens with zero attached hydrogens (tertiary/aromatic N) is 3. The van der Waals surface area contributed by atoms with Crippen LogP contribution in [0.5, 0.6) is 0 Å². The van der Waals surface area contributed by atoms with Crippen LogP contribution < -0.4 is 5.73 Å². The first-order valence-electron chi connectivity index (χ1n) is 6.73. The fourth-order valence-electron chi connectivity index (χ4n) is 3.13. The van der Waals surface area contributed by atoms with E-state index in [4.69, 9.17) is 5.73 Å². The standard InChI is InChI=1S/C15H20N4/c1-10-14-11(16)8-15(2,3)9-12(14)19(18-10)13-6-4-5-7-17-13/h4-7,11H,8-9,16H2,1-3H3/t11-/m1/s1. The van der Waals surface area contributed by atoms with Gasteiger partial charge in [0.1, 0.15) is 0 Å². The summed E-state index contributed by atoms with van der Waals surface area (Å²) in [6.07, 6.45) is 3.80. The third-order valence-electron chi connectivity index (χ3n) is 3.86. The highest BCUT2D eigenvalue weighted by atomic mass is 15.3. The van der Waals surface area contributed by atoms with Gasteiger partial charge >= 0.3 is 0 Å². The van der Waals surface area contributed by atoms with Gasteiger partial charge in [-0.25, -0.2) is 9.67 Å². The molecule has 0 radical (unpaired) electrons. The van der Waals surface area contributed by atoms with Gasteiger partial charge in [0.25, 0.3) is 0 Å². The largest absolute Gasteiger partial charge is 0.324 e. The molecule has 4 nitrogen and oxygen atoms in total. The molecule has 2 N–H and O–H groups in total. The van der Waals surface area contributed by atoms with Crippen LogP contribution in [-0.4, -0.2) is 14.8 Å². The van der Waals surface area contributed by atoms with Crippen molar-refractivity contribution in [1.82, 2.24) is 14.8 Å². The summed E-state index contributed by atoms with van der Waals surface area (Å²) in [5, 5.41) is 4.65. The Balaban J connectivity index is 2.17. The minimum absolute atomic E-state index is 0.0798. The summed E-state index contributed by atoms with van der Waals surface area (Å²) in [7, 11) is 0. The second-order valence-electron chi connectivity index (χ2n) is 6.20. The number of aromatic nitrogens is 3. The van der Waals surface area contributed by atoms with Gasteiger partial charge in [0.05, 0.1) is 11.4 Å². The van der Waals surface area contributed by atoms with Crippen LogP contribution in [0, 0.1) is 12.3 Å². The number of rotatable bonds is 1. The number of hydrogen-bond donors (Lipinski definition) is 1. The summed E-state index contributed by atoms with van der Waals surface area (Å²) >= 11 is 0. The molecule has 4 heteroatoms. The minimum Gasteiger partial charge on any atom is -0.324 e. The van der Waals surface area contributed by atoms with Crippen molar-refractivity contribution < 1.29 is 0 Å². The lowest BCUT2D eigenvalue weighted by atomic mass is 9.74. The van der Waals surface area contributed by atoms with E-state index in [1.54, 1.807) is 6.20 Å². The van der Waals surface area contributed by atoms with Crippen molar-refractivity contribution in [3.63, 3.8) is 0 Å². The van der Waals surface area contributed by atoms with Crippen LogP contribution in [0.15, 0.2) is 24.4 Å². The molecule has 0 spiro atoms. The molecule has 1 atom stereocenters. The smallest absolute Gasteiger partial charge is 0.153 e. The highest BCUT2D eigenvalue weighted by Crippen LogP contribution is 2.41. The van der Waals surface area contributed by atoms with E-state index in [-0.39, 0.29) is 11.5 Å². The Bertz CT molecular complexity index is 598. The molecule has 2 heterocycles. The van der Waals surface area contributed by atoms with Crippen LogP contribution in [0.4, 0.5) is 0 Å². The Morgan fingerprint density at radius 2 is 2.16 bits per heavy atom. The zero-order chi connectivity index (χ0) is 13.6. The van der Waals surface area contributed by atoms with E-state index < -0.39 is 0 Å². The van der Waals surface area contributed by atoms with Crippen molar-refractivity contribution in [2.45, 2.75) is 39.7 Å². The van der Waals surface area contributed by atoms with E-state index in [1.807, 2.05) is 29.8 Å². The predicted molar refractivity (Wildman–Crippen MR) is 75.1 cm³/mol. The molecule has 2 aromatic rings. The summed E-state index contributed by atoms with van der Waals surface area (Å²) in [6, 6.07) is 5.97. The molecular weight excluding hydrogens is 236 g/mol. The van der Waals surface area contributed by atoms with Crippen LogP contribution in [0.1, 0.15) is 43.3 Å². The lowest BCUT2D eigenvalue weighted by Crippen LogP contribution is -2.30. The summed E-state index contributed by atoms with van der Waals surface area (Å²) in [4.78, 5) is 4.40. The first kappa shape index (κ1) is 12.4. The molecule has 3 rings (SSSR count). The number of fused-ring (bicyclic) bond motifs is 1. The van der Waals surface area contributed by atoms with E-state index in [1.165, 1.54) is 11.3 Å². The summed E-state index contributed by atoms with van der Waals surface area (Å²) in [5.74, 6) is 0.872. The molecule has 0 aromatic carbocycles. The van der Waals surface area contributed by atoms with Gasteiger partial charge < -0.3 is 5.73 Å². The lowest BCUT2D eigenvalue weighted by molar-refractivity contribution is 0.277. The van der Waals surface area contributed by atoms with Crippen molar-refractivity contribution >= 4 is 0 Å². The van der Waals surface area contributed by atoms with Crippen molar-refractivity contribution in [3.8, 4) is 5.82 Å². The predicted octanol–water partition coefficient (Wildman–Crippen LogP) is 2.55. The zero-order valence-corrected chi connectivity index (χ0v) is 11.7. The number of hydrogen-bond acceptors (Lipinski definition) is 3. The summed E-state index contributed by atoms with van der Waals surface area (Å²) < 4.78 is 1.96. The van der Waals surface area contributed by atoms with Crippen molar-refractivity contribution in [3.05, 3.63) is 41.3 Å². The van der Waals surface area contributed by atoms with Gasteiger partial charge in [-0.05, 0) is 37.3 Å². The SMILES string of the molecule is Cc1nn(-c2ccccn2)c2c1[C@H](N)CC(C)(C)C2. The summed E-state index contributed by atoms with van der Waals surface area (Å²) in [6.45, 7) is 6.57. The first-order valence-corrected chi connectivity index (χ1v) is 6.73. The van der Waals surface area contributed by atoms with Gasteiger partial charge in [-0.1, -0.05) is 19.9 Å². The lowest BCUT2D eigenvalue weighted by Gasteiger charge is -2.34. The van der Waals surface area contributed by atoms with Crippen LogP contribution in [0.3, 0.4) is 0 Å². The van der Waals surface area contributed by atoms with Crippen LogP contribution >= 0.6 is 0 Å². The summed E-state index contributed by atoms with van der Waals surface area (Å²) in [5.41, 5.74) is 10.0. The average molecular weight is 256 g/mol. The Labute approximate surface area is 113 Å². The topological polar surface area (TPSA) is 56.7 Å². The molecule has 2 aromatic heterocycles. The molecule has 0 amide bonds. The molecule has 0 aliphatic heterocycles. The maximum atomic E-state index is 6.34. The molecule has 1 aliphatic rings. The molecule has 0 saturated heterocycles. The molecule has 0 unspecified atom stereocenters. The molecular formula is C15H20N4. The Morgan fingerprint density at radius 3 is 2.84 bits per heavy atom. The van der Waals surface area contributed by atoms with Gasteiger partial charge in [0.15, 0.2) is 5.82 Å². The maximum Gasteiger partial charge on any atom is 0.153 e. The van der Waals surface area contributed by atoms with Gasteiger partial charge in [0, 0.05) is 17.8 Å². The van der Waals surface area contributed by atoms with Crippen molar-refractivity contribution in [1.29, 1.82) is 0 Å². The van der Waals surface area contributed by atoms with Gasteiger partial charge in [-0.2, -0.15) is 5.10 Å². The molecule has 0 fully saturated rings. The second kappa shape index (κ2) is 4.17. The van der Waals surface area contributed by atoms with E-state index in [2.05, 4.69) is 23.9 Å².